The minimum atomic E-state index is -0.515. The zero-order chi connectivity index (χ0) is 17.7. The van der Waals surface area contributed by atoms with Crippen LogP contribution in [0, 0.1) is 12.7 Å². The van der Waals surface area contributed by atoms with Gasteiger partial charge in [-0.25, -0.2) is 14.2 Å². The van der Waals surface area contributed by atoms with E-state index in [9.17, 15) is 9.18 Å². The van der Waals surface area contributed by atoms with Crippen molar-refractivity contribution in [2.75, 3.05) is 17.2 Å². The summed E-state index contributed by atoms with van der Waals surface area (Å²) in [6, 6.07) is 4.14. The van der Waals surface area contributed by atoms with Crippen LogP contribution in [0.3, 0.4) is 0 Å². The van der Waals surface area contributed by atoms with E-state index in [1.54, 1.807) is 6.92 Å². The van der Waals surface area contributed by atoms with E-state index < -0.39 is 11.8 Å². The van der Waals surface area contributed by atoms with Crippen LogP contribution >= 0.6 is 35.2 Å². The molecule has 0 aliphatic heterocycles. The molecule has 0 atom stereocenters. The number of nitrogens with zero attached hydrogens (tertiary/aromatic N) is 1. The van der Waals surface area contributed by atoms with Gasteiger partial charge in [0.25, 0.3) is 0 Å². The molecule has 126 valence electrons. The highest BCUT2D eigenvalue weighted by Crippen LogP contribution is 2.24. The van der Waals surface area contributed by atoms with Crippen LogP contribution in [0.15, 0.2) is 30.9 Å². The standard InChI is InChI=1S/C15H13ClFN3O2S2/c1-3-6-22-13(21)12-8(2)18-15(24-12)20-14(23)19-9-4-5-11(17)10(16)7-9/h3-5,7H,1,6H2,2H3,(H2,18,19,20,23). The number of rotatable bonds is 5. The molecule has 5 nitrogen and oxygen atoms in total. The van der Waals surface area contributed by atoms with Gasteiger partial charge in [-0.05, 0) is 37.3 Å². The number of carbonyl (C=O) groups is 1. The Hall–Kier alpha value is -2.03. The first-order valence-corrected chi connectivity index (χ1v) is 8.29. The highest BCUT2D eigenvalue weighted by atomic mass is 35.5. The van der Waals surface area contributed by atoms with Crippen molar-refractivity contribution in [2.24, 2.45) is 0 Å². The van der Waals surface area contributed by atoms with Gasteiger partial charge in [-0.3, -0.25) is 0 Å². The van der Waals surface area contributed by atoms with E-state index in [2.05, 4.69) is 22.2 Å². The van der Waals surface area contributed by atoms with E-state index in [-0.39, 0.29) is 16.7 Å². The number of anilines is 2. The summed E-state index contributed by atoms with van der Waals surface area (Å²) in [6.45, 7) is 5.31. The summed E-state index contributed by atoms with van der Waals surface area (Å²) in [7, 11) is 0. The molecule has 2 aromatic rings. The van der Waals surface area contributed by atoms with Gasteiger partial charge in [0.05, 0.1) is 10.7 Å². The summed E-state index contributed by atoms with van der Waals surface area (Å²) < 4.78 is 18.1. The van der Waals surface area contributed by atoms with Gasteiger partial charge >= 0.3 is 5.97 Å². The van der Waals surface area contributed by atoms with Gasteiger partial charge in [0.1, 0.15) is 17.3 Å². The first-order chi connectivity index (χ1) is 11.4. The van der Waals surface area contributed by atoms with Crippen molar-refractivity contribution in [2.45, 2.75) is 6.92 Å². The largest absolute Gasteiger partial charge is 0.457 e. The fourth-order valence-electron chi connectivity index (χ4n) is 1.67. The van der Waals surface area contributed by atoms with Crippen LogP contribution in [0.2, 0.25) is 5.02 Å². The van der Waals surface area contributed by atoms with Crippen LogP contribution in [0.4, 0.5) is 15.2 Å². The number of thiazole rings is 1. The topological polar surface area (TPSA) is 63.2 Å². The molecular formula is C15H13ClFN3O2S2. The maximum absolute atomic E-state index is 13.1. The Morgan fingerprint density at radius 3 is 2.96 bits per heavy atom. The highest BCUT2D eigenvalue weighted by Gasteiger charge is 2.17. The molecule has 1 heterocycles. The maximum atomic E-state index is 13.1. The predicted octanol–water partition coefficient (Wildman–Crippen LogP) is 4.40. The van der Waals surface area contributed by atoms with E-state index in [1.165, 1.54) is 24.3 Å². The van der Waals surface area contributed by atoms with Crippen LogP contribution in [-0.4, -0.2) is 22.7 Å². The molecule has 0 radical (unpaired) electrons. The summed E-state index contributed by atoms with van der Waals surface area (Å²) in [5, 5.41) is 6.37. The van der Waals surface area contributed by atoms with Crippen LogP contribution in [0.1, 0.15) is 15.4 Å². The second kappa shape index (κ2) is 8.18. The number of aromatic nitrogens is 1. The monoisotopic (exact) mass is 385 g/mol. The SMILES string of the molecule is C=CCOC(=O)c1sc(NC(=S)Nc2ccc(F)c(Cl)c2)nc1C. The Morgan fingerprint density at radius 1 is 1.54 bits per heavy atom. The smallest absolute Gasteiger partial charge is 0.350 e. The molecule has 1 aromatic heterocycles. The number of halogens is 2. The zero-order valence-corrected chi connectivity index (χ0v) is 14.9. The average Bonchev–Trinajstić information content (AvgIpc) is 2.89. The molecule has 0 amide bonds. The lowest BCUT2D eigenvalue weighted by Crippen LogP contribution is -2.18. The molecule has 0 saturated heterocycles. The number of nitrogens with one attached hydrogen (secondary N) is 2. The lowest BCUT2D eigenvalue weighted by Gasteiger charge is -2.08. The van der Waals surface area contributed by atoms with Crippen molar-refractivity contribution in [1.82, 2.24) is 4.98 Å². The Kier molecular flexibility index (Phi) is 6.24. The van der Waals surface area contributed by atoms with Gasteiger partial charge in [-0.1, -0.05) is 35.6 Å². The first-order valence-electron chi connectivity index (χ1n) is 6.69. The molecule has 0 aliphatic rings. The summed E-state index contributed by atoms with van der Waals surface area (Å²) in [6.07, 6.45) is 1.49. The number of carbonyl (C=O) groups excluding carboxylic acids is 1. The van der Waals surface area contributed by atoms with E-state index in [1.807, 2.05) is 0 Å². The van der Waals surface area contributed by atoms with Gasteiger partial charge in [0.2, 0.25) is 0 Å². The van der Waals surface area contributed by atoms with Crippen molar-refractivity contribution in [3.8, 4) is 0 Å². The molecular weight excluding hydrogens is 373 g/mol. The van der Waals surface area contributed by atoms with Crippen LogP contribution in [-0.2, 0) is 4.74 Å². The van der Waals surface area contributed by atoms with E-state index in [4.69, 9.17) is 28.6 Å². The van der Waals surface area contributed by atoms with Crippen LogP contribution in [0.5, 0.6) is 0 Å². The molecule has 2 rings (SSSR count). The second-order valence-corrected chi connectivity index (χ2v) is 6.34. The highest BCUT2D eigenvalue weighted by molar-refractivity contribution is 7.80. The Bertz CT molecular complexity index is 795. The minimum Gasteiger partial charge on any atom is -0.457 e. The van der Waals surface area contributed by atoms with Gasteiger partial charge in [0.15, 0.2) is 10.2 Å². The Balaban J connectivity index is 2.02. The van der Waals surface area contributed by atoms with Gasteiger partial charge in [-0.2, -0.15) is 0 Å². The van der Waals surface area contributed by atoms with E-state index >= 15 is 0 Å². The molecule has 0 fully saturated rings. The first kappa shape index (κ1) is 18.3. The third kappa shape index (κ3) is 4.73. The third-order valence-corrected chi connectivity index (χ3v) is 4.26. The van der Waals surface area contributed by atoms with Gasteiger partial charge in [0, 0.05) is 5.69 Å². The predicted molar refractivity (Wildman–Crippen MR) is 98.6 cm³/mol. The van der Waals surface area contributed by atoms with Gasteiger partial charge in [-0.15, -0.1) is 0 Å². The number of ether oxygens (including phenoxy) is 1. The molecule has 0 saturated carbocycles. The number of hydrogen-bond donors (Lipinski definition) is 2. The van der Waals surface area contributed by atoms with Crippen molar-refractivity contribution in [3.63, 3.8) is 0 Å². The Morgan fingerprint density at radius 2 is 2.29 bits per heavy atom. The average molecular weight is 386 g/mol. The van der Waals surface area contributed by atoms with Crippen molar-refractivity contribution < 1.29 is 13.9 Å². The summed E-state index contributed by atoms with van der Waals surface area (Å²) >= 11 is 12.0. The summed E-state index contributed by atoms with van der Waals surface area (Å²) in [4.78, 5) is 16.5. The minimum absolute atomic E-state index is 0.0138. The fourth-order valence-corrected chi connectivity index (χ4v) is 3.00. The molecule has 0 bridgehead atoms. The summed E-state index contributed by atoms with van der Waals surface area (Å²) in [5.41, 5.74) is 1.06. The third-order valence-electron chi connectivity index (χ3n) is 2.71. The molecule has 2 N–H and O–H groups in total. The summed E-state index contributed by atoms with van der Waals surface area (Å²) in [5.74, 6) is -0.985. The van der Waals surface area contributed by atoms with E-state index in [0.29, 0.717) is 21.4 Å². The second-order valence-electron chi connectivity index (χ2n) is 4.53. The number of benzene rings is 1. The normalized spacial score (nSPS) is 10.1. The van der Waals surface area contributed by atoms with Crippen molar-refractivity contribution in [3.05, 3.63) is 52.3 Å². The maximum Gasteiger partial charge on any atom is 0.350 e. The molecule has 0 aliphatic carbocycles. The van der Waals surface area contributed by atoms with Crippen molar-refractivity contribution in [1.29, 1.82) is 0 Å². The number of esters is 1. The molecule has 1 aromatic carbocycles. The van der Waals surface area contributed by atoms with Gasteiger partial charge < -0.3 is 15.4 Å². The lowest BCUT2D eigenvalue weighted by atomic mass is 10.3. The quantitative estimate of drug-likeness (QED) is 0.452. The Labute approximate surface area is 152 Å². The molecule has 0 unspecified atom stereocenters. The van der Waals surface area contributed by atoms with E-state index in [0.717, 1.165) is 11.3 Å². The zero-order valence-electron chi connectivity index (χ0n) is 12.6. The molecule has 9 heteroatoms. The number of aryl methyl sites for hydroxylation is 1. The lowest BCUT2D eigenvalue weighted by molar-refractivity contribution is 0.0554. The molecule has 0 spiro atoms. The van der Waals surface area contributed by atoms with Crippen molar-refractivity contribution >= 4 is 57.1 Å². The number of thiocarbonyl (C=S) groups is 1. The fraction of sp³-hybridized carbons (Fsp3) is 0.133. The number of hydrogen-bond acceptors (Lipinski definition) is 5. The molecule has 24 heavy (non-hydrogen) atoms. The van der Waals surface area contributed by atoms with Crippen LogP contribution < -0.4 is 10.6 Å². The van der Waals surface area contributed by atoms with Crippen LogP contribution in [0.25, 0.3) is 0 Å².